The van der Waals surface area contributed by atoms with E-state index in [0.717, 1.165) is 41.2 Å². The average molecular weight is 481 g/mol. The SMILES string of the molecule is NN1CCCCC1NC(=O)c1ccc2c(c1)N=C(c1ccc(Cl)c(F)c1)c1ccccc1S2. The first-order valence-electron chi connectivity index (χ1n) is 10.8. The molecular weight excluding hydrogens is 459 g/mol. The molecule has 1 saturated heterocycles. The summed E-state index contributed by atoms with van der Waals surface area (Å²) in [5.74, 6) is 5.35. The largest absolute Gasteiger partial charge is 0.335 e. The molecule has 3 N–H and O–H groups in total. The van der Waals surface area contributed by atoms with Crippen molar-refractivity contribution in [1.82, 2.24) is 10.3 Å². The van der Waals surface area contributed by atoms with Crippen molar-refractivity contribution in [2.75, 3.05) is 6.54 Å². The molecule has 0 radical (unpaired) electrons. The van der Waals surface area contributed by atoms with E-state index >= 15 is 0 Å². The predicted molar refractivity (Wildman–Crippen MR) is 130 cm³/mol. The third-order valence-electron chi connectivity index (χ3n) is 5.85. The van der Waals surface area contributed by atoms with Crippen LogP contribution in [0.25, 0.3) is 0 Å². The third-order valence-corrected chi connectivity index (χ3v) is 7.30. The second-order valence-electron chi connectivity index (χ2n) is 8.09. The number of piperidine rings is 1. The normalized spacial score (nSPS) is 18.0. The highest BCUT2D eigenvalue weighted by atomic mass is 35.5. The highest BCUT2D eigenvalue weighted by molar-refractivity contribution is 7.99. The topological polar surface area (TPSA) is 70.7 Å². The smallest absolute Gasteiger partial charge is 0.252 e. The first kappa shape index (κ1) is 22.1. The lowest BCUT2D eigenvalue weighted by molar-refractivity contribution is 0.0775. The zero-order valence-corrected chi connectivity index (χ0v) is 19.3. The summed E-state index contributed by atoms with van der Waals surface area (Å²) in [5, 5.41) is 4.77. The van der Waals surface area contributed by atoms with Crippen molar-refractivity contribution in [2.24, 2.45) is 10.8 Å². The number of hydrogen-bond donors (Lipinski definition) is 2. The Balaban J connectivity index is 1.54. The molecule has 33 heavy (non-hydrogen) atoms. The maximum absolute atomic E-state index is 14.3. The summed E-state index contributed by atoms with van der Waals surface area (Å²) in [5.41, 5.74) is 3.30. The van der Waals surface area contributed by atoms with Gasteiger partial charge in [0.15, 0.2) is 0 Å². The van der Waals surface area contributed by atoms with Gasteiger partial charge in [0.2, 0.25) is 0 Å². The number of hydrogen-bond acceptors (Lipinski definition) is 5. The molecule has 3 aromatic rings. The zero-order chi connectivity index (χ0) is 22.9. The van der Waals surface area contributed by atoms with Gasteiger partial charge in [0.1, 0.15) is 5.82 Å². The molecule has 0 spiro atoms. The van der Waals surface area contributed by atoms with Gasteiger partial charge in [-0.25, -0.2) is 14.4 Å². The number of nitrogens with two attached hydrogens (primary N) is 1. The van der Waals surface area contributed by atoms with Crippen molar-refractivity contribution >= 4 is 40.7 Å². The van der Waals surface area contributed by atoms with E-state index in [-0.39, 0.29) is 17.1 Å². The highest BCUT2D eigenvalue weighted by Crippen LogP contribution is 2.41. The quantitative estimate of drug-likeness (QED) is 0.378. The van der Waals surface area contributed by atoms with Gasteiger partial charge in [-0.15, -0.1) is 0 Å². The van der Waals surface area contributed by atoms with Crippen LogP contribution in [0.1, 0.15) is 40.7 Å². The maximum Gasteiger partial charge on any atom is 0.252 e. The van der Waals surface area contributed by atoms with Gasteiger partial charge < -0.3 is 5.32 Å². The molecule has 1 atom stereocenters. The molecule has 5 nitrogen and oxygen atoms in total. The minimum Gasteiger partial charge on any atom is -0.335 e. The Morgan fingerprint density at radius 2 is 1.97 bits per heavy atom. The number of halogens is 2. The van der Waals surface area contributed by atoms with E-state index in [0.29, 0.717) is 22.5 Å². The standard InChI is InChI=1S/C25H22ClFN4OS/c26-18-10-8-15(13-19(18)27)24-17-5-1-2-6-21(17)33-22-11-9-16(14-20(22)29-24)25(32)30-23-7-3-4-12-31(23)28/h1-2,5-6,8-11,13-14,23H,3-4,7,12,28H2,(H,30,32). The number of hydrazine groups is 1. The van der Waals surface area contributed by atoms with Crippen LogP contribution in [0.15, 0.2) is 75.4 Å². The van der Waals surface area contributed by atoms with Crippen molar-refractivity contribution < 1.29 is 9.18 Å². The van der Waals surface area contributed by atoms with Crippen LogP contribution in [0, 0.1) is 5.82 Å². The van der Waals surface area contributed by atoms with Crippen LogP contribution in [0.4, 0.5) is 10.1 Å². The monoisotopic (exact) mass is 480 g/mol. The average Bonchev–Trinajstić information content (AvgIpc) is 2.98. The number of carbonyl (C=O) groups is 1. The van der Waals surface area contributed by atoms with Crippen LogP contribution in [0.5, 0.6) is 0 Å². The zero-order valence-electron chi connectivity index (χ0n) is 17.7. The first-order valence-corrected chi connectivity index (χ1v) is 12.0. The van der Waals surface area contributed by atoms with Gasteiger partial charge in [-0.2, -0.15) is 0 Å². The van der Waals surface area contributed by atoms with E-state index in [1.54, 1.807) is 35.0 Å². The number of nitrogens with zero attached hydrogens (tertiary/aromatic N) is 2. The fourth-order valence-corrected chi connectivity index (χ4v) is 5.21. The molecule has 1 amide bonds. The third kappa shape index (κ3) is 4.54. The Morgan fingerprint density at radius 3 is 2.79 bits per heavy atom. The minimum atomic E-state index is -0.501. The van der Waals surface area contributed by atoms with Gasteiger partial charge in [-0.3, -0.25) is 10.6 Å². The van der Waals surface area contributed by atoms with E-state index in [1.165, 1.54) is 12.1 Å². The fourth-order valence-electron chi connectivity index (χ4n) is 4.09. The number of carbonyl (C=O) groups excluding carboxylic acids is 1. The minimum absolute atomic E-state index is 0.0617. The Hall–Kier alpha value is -2.71. The summed E-state index contributed by atoms with van der Waals surface area (Å²) in [4.78, 5) is 19.8. The summed E-state index contributed by atoms with van der Waals surface area (Å²) in [6, 6.07) is 18.0. The molecule has 3 aromatic carbocycles. The maximum atomic E-state index is 14.3. The molecule has 8 heteroatoms. The summed E-state index contributed by atoms with van der Waals surface area (Å²) < 4.78 is 14.3. The Kier molecular flexibility index (Phi) is 6.21. The van der Waals surface area contributed by atoms with Gasteiger partial charge in [0, 0.05) is 33.0 Å². The van der Waals surface area contributed by atoms with Crippen molar-refractivity contribution in [3.63, 3.8) is 0 Å². The number of amides is 1. The molecular formula is C25H22ClFN4OS. The second kappa shape index (κ2) is 9.27. The molecule has 0 bridgehead atoms. The molecule has 2 heterocycles. The van der Waals surface area contributed by atoms with Crippen molar-refractivity contribution in [3.8, 4) is 0 Å². The number of benzene rings is 3. The molecule has 5 rings (SSSR count). The van der Waals surface area contributed by atoms with Crippen LogP contribution in [-0.4, -0.2) is 29.3 Å². The molecule has 2 aliphatic rings. The summed E-state index contributed by atoms with van der Waals surface area (Å²) in [6.45, 7) is 0.759. The van der Waals surface area contributed by atoms with Gasteiger partial charge in [0.25, 0.3) is 5.91 Å². The number of rotatable bonds is 3. The number of fused-ring (bicyclic) bond motifs is 2. The molecule has 1 unspecified atom stereocenters. The molecule has 168 valence electrons. The first-order chi connectivity index (χ1) is 16.0. The molecule has 2 aliphatic heterocycles. The summed E-state index contributed by atoms with van der Waals surface area (Å²) in [7, 11) is 0. The lowest BCUT2D eigenvalue weighted by Gasteiger charge is -2.32. The van der Waals surface area contributed by atoms with Crippen LogP contribution in [-0.2, 0) is 0 Å². The molecule has 0 aliphatic carbocycles. The Labute approximate surface area is 200 Å². The summed E-state index contributed by atoms with van der Waals surface area (Å²) >= 11 is 7.47. The Morgan fingerprint density at radius 1 is 1.12 bits per heavy atom. The van der Waals surface area contributed by atoms with Gasteiger partial charge in [0.05, 0.1) is 22.6 Å². The van der Waals surface area contributed by atoms with E-state index in [2.05, 4.69) is 5.32 Å². The predicted octanol–water partition coefficient (Wildman–Crippen LogP) is 5.53. The van der Waals surface area contributed by atoms with E-state index in [4.69, 9.17) is 22.4 Å². The van der Waals surface area contributed by atoms with E-state index < -0.39 is 5.82 Å². The summed E-state index contributed by atoms with van der Waals surface area (Å²) in [6.07, 6.45) is 2.70. The Bertz CT molecular complexity index is 1260. The van der Waals surface area contributed by atoms with Crippen LogP contribution < -0.4 is 11.2 Å². The lowest BCUT2D eigenvalue weighted by Crippen LogP contribution is -2.53. The van der Waals surface area contributed by atoms with E-state index in [1.807, 2.05) is 30.3 Å². The fraction of sp³-hybridized carbons (Fsp3) is 0.200. The molecule has 0 aromatic heterocycles. The lowest BCUT2D eigenvalue weighted by atomic mass is 10.0. The van der Waals surface area contributed by atoms with Crippen molar-refractivity contribution in [2.45, 2.75) is 35.2 Å². The van der Waals surface area contributed by atoms with Gasteiger partial charge >= 0.3 is 0 Å². The van der Waals surface area contributed by atoms with E-state index in [9.17, 15) is 9.18 Å². The van der Waals surface area contributed by atoms with Crippen LogP contribution >= 0.6 is 23.4 Å². The molecule has 0 saturated carbocycles. The number of nitrogens with one attached hydrogen (secondary N) is 1. The highest BCUT2D eigenvalue weighted by Gasteiger charge is 2.24. The number of aliphatic imine (C=N–C) groups is 1. The van der Waals surface area contributed by atoms with Crippen molar-refractivity contribution in [1.29, 1.82) is 0 Å². The van der Waals surface area contributed by atoms with Crippen LogP contribution in [0.2, 0.25) is 5.02 Å². The van der Waals surface area contributed by atoms with Crippen molar-refractivity contribution in [3.05, 3.63) is 88.2 Å². The van der Waals surface area contributed by atoms with Gasteiger partial charge in [-0.1, -0.05) is 47.6 Å². The molecule has 1 fully saturated rings. The second-order valence-corrected chi connectivity index (χ2v) is 9.58. The van der Waals surface area contributed by atoms with Gasteiger partial charge in [-0.05, 0) is 55.7 Å². The van der Waals surface area contributed by atoms with Crippen LogP contribution in [0.3, 0.4) is 0 Å².